The van der Waals surface area contributed by atoms with E-state index >= 15 is 0 Å². The highest BCUT2D eigenvalue weighted by molar-refractivity contribution is 5.94. The Morgan fingerprint density at radius 3 is 2.44 bits per heavy atom. The number of benzene rings is 2. The number of ether oxygens (including phenoxy) is 3. The van der Waals surface area contributed by atoms with Crippen LogP contribution in [0.2, 0.25) is 0 Å². The molecule has 2 rings (SSSR count). The molecule has 0 saturated heterocycles. The normalized spacial score (nSPS) is 10.2. The van der Waals surface area contributed by atoms with Crippen LogP contribution in [0.15, 0.2) is 42.5 Å². The molecular weight excluding hydrogens is 348 g/mol. The number of carbonyl (C=O) groups excluding carboxylic acids is 2. The second kappa shape index (κ2) is 10.2. The third-order valence-corrected chi connectivity index (χ3v) is 3.87. The fourth-order valence-corrected chi connectivity index (χ4v) is 2.49. The van der Waals surface area contributed by atoms with Crippen LogP contribution in [0, 0.1) is 0 Å². The molecule has 27 heavy (non-hydrogen) atoms. The molecule has 1 amide bonds. The molecule has 0 bridgehead atoms. The van der Waals surface area contributed by atoms with Gasteiger partial charge in [-0.2, -0.15) is 0 Å². The second-order valence-electron chi connectivity index (χ2n) is 5.74. The first-order chi connectivity index (χ1) is 13.1. The van der Waals surface area contributed by atoms with E-state index in [1.54, 1.807) is 38.5 Å². The number of hydrogen-bond acceptors (Lipinski definition) is 6. The highest BCUT2D eigenvalue weighted by Gasteiger charge is 2.08. The predicted molar refractivity (Wildman–Crippen MR) is 102 cm³/mol. The zero-order chi connectivity index (χ0) is 19.6. The molecule has 144 valence electrons. The van der Waals surface area contributed by atoms with Gasteiger partial charge in [0.15, 0.2) is 11.5 Å². The Labute approximate surface area is 158 Å². The van der Waals surface area contributed by atoms with Crippen molar-refractivity contribution in [3.8, 4) is 11.5 Å². The number of rotatable bonds is 9. The highest BCUT2D eigenvalue weighted by Crippen LogP contribution is 2.27. The van der Waals surface area contributed by atoms with E-state index in [9.17, 15) is 9.59 Å². The summed E-state index contributed by atoms with van der Waals surface area (Å²) in [4.78, 5) is 23.6. The summed E-state index contributed by atoms with van der Waals surface area (Å²) < 4.78 is 15.2. The van der Waals surface area contributed by atoms with Crippen LogP contribution in [0.5, 0.6) is 11.5 Å². The molecule has 0 heterocycles. The first kappa shape index (κ1) is 20.3. The van der Waals surface area contributed by atoms with Crippen LogP contribution < -0.4 is 20.1 Å². The zero-order valence-corrected chi connectivity index (χ0v) is 15.7. The lowest BCUT2D eigenvalue weighted by molar-refractivity contribution is -0.116. The highest BCUT2D eigenvalue weighted by atomic mass is 16.5. The van der Waals surface area contributed by atoms with Crippen LogP contribution >= 0.6 is 0 Å². The maximum absolute atomic E-state index is 12.1. The Morgan fingerprint density at radius 2 is 1.74 bits per heavy atom. The summed E-state index contributed by atoms with van der Waals surface area (Å²) in [5.41, 5.74) is 1.98. The van der Waals surface area contributed by atoms with Crippen molar-refractivity contribution in [2.24, 2.45) is 0 Å². The third-order valence-electron chi connectivity index (χ3n) is 3.87. The number of esters is 1. The van der Waals surface area contributed by atoms with E-state index in [-0.39, 0.29) is 5.91 Å². The number of amides is 1. The Morgan fingerprint density at radius 1 is 0.963 bits per heavy atom. The summed E-state index contributed by atoms with van der Waals surface area (Å²) in [5, 5.41) is 5.98. The van der Waals surface area contributed by atoms with Gasteiger partial charge in [0.1, 0.15) is 0 Å². The monoisotopic (exact) mass is 372 g/mol. The number of carbonyl (C=O) groups is 2. The molecule has 7 nitrogen and oxygen atoms in total. The Kier molecular flexibility index (Phi) is 7.63. The van der Waals surface area contributed by atoms with Gasteiger partial charge in [0, 0.05) is 25.2 Å². The molecule has 7 heteroatoms. The summed E-state index contributed by atoms with van der Waals surface area (Å²) in [6.45, 7) is 1.11. The summed E-state index contributed by atoms with van der Waals surface area (Å²) in [5.74, 6) is 0.759. The van der Waals surface area contributed by atoms with Crippen molar-refractivity contribution in [2.45, 2.75) is 13.0 Å². The molecule has 0 radical (unpaired) electrons. The average Bonchev–Trinajstić information content (AvgIpc) is 2.70. The van der Waals surface area contributed by atoms with E-state index in [0.29, 0.717) is 42.3 Å². The molecular formula is C20H24N2O5. The number of hydrogen-bond donors (Lipinski definition) is 2. The van der Waals surface area contributed by atoms with Crippen LogP contribution in [0.3, 0.4) is 0 Å². The van der Waals surface area contributed by atoms with Gasteiger partial charge in [-0.3, -0.25) is 4.79 Å². The molecule has 2 aromatic carbocycles. The van der Waals surface area contributed by atoms with Crippen molar-refractivity contribution in [1.82, 2.24) is 5.32 Å². The van der Waals surface area contributed by atoms with Gasteiger partial charge in [-0.25, -0.2) is 4.79 Å². The SMILES string of the molecule is COC(=O)c1cccc(NC(=O)CCNCc2ccc(OC)c(OC)c2)c1. The minimum absolute atomic E-state index is 0.142. The summed E-state index contributed by atoms with van der Waals surface area (Å²) >= 11 is 0. The van der Waals surface area contributed by atoms with E-state index in [1.807, 2.05) is 18.2 Å². The molecule has 0 unspecified atom stereocenters. The van der Waals surface area contributed by atoms with Crippen molar-refractivity contribution in [3.05, 3.63) is 53.6 Å². The van der Waals surface area contributed by atoms with Gasteiger partial charge in [-0.05, 0) is 35.9 Å². The fourth-order valence-electron chi connectivity index (χ4n) is 2.49. The van der Waals surface area contributed by atoms with Crippen molar-refractivity contribution in [2.75, 3.05) is 33.2 Å². The Bertz CT molecular complexity index is 792. The van der Waals surface area contributed by atoms with Crippen molar-refractivity contribution < 1.29 is 23.8 Å². The van der Waals surface area contributed by atoms with Crippen LogP contribution in [0.1, 0.15) is 22.3 Å². The molecule has 0 aliphatic carbocycles. The van der Waals surface area contributed by atoms with Gasteiger partial charge in [-0.1, -0.05) is 12.1 Å². The van der Waals surface area contributed by atoms with Crippen molar-refractivity contribution >= 4 is 17.6 Å². The van der Waals surface area contributed by atoms with Crippen LogP contribution in [0.4, 0.5) is 5.69 Å². The van der Waals surface area contributed by atoms with E-state index in [0.717, 1.165) is 5.56 Å². The molecule has 0 aliphatic heterocycles. The second-order valence-corrected chi connectivity index (χ2v) is 5.74. The van der Waals surface area contributed by atoms with Crippen molar-refractivity contribution in [1.29, 1.82) is 0 Å². The van der Waals surface area contributed by atoms with E-state index in [2.05, 4.69) is 15.4 Å². The molecule has 0 fully saturated rings. The van der Waals surface area contributed by atoms with E-state index in [4.69, 9.17) is 9.47 Å². The standard InChI is InChI=1S/C20H24N2O5/c1-25-17-8-7-14(11-18(17)26-2)13-21-10-9-19(23)22-16-6-4-5-15(12-16)20(24)27-3/h4-8,11-12,21H,9-10,13H2,1-3H3,(H,22,23). The quantitative estimate of drug-likeness (QED) is 0.520. The lowest BCUT2D eigenvalue weighted by Crippen LogP contribution is -2.21. The van der Waals surface area contributed by atoms with Gasteiger partial charge in [-0.15, -0.1) is 0 Å². The van der Waals surface area contributed by atoms with Crippen LogP contribution in [0.25, 0.3) is 0 Å². The molecule has 2 N–H and O–H groups in total. The molecule has 0 saturated carbocycles. The van der Waals surface area contributed by atoms with Gasteiger partial charge < -0.3 is 24.8 Å². The largest absolute Gasteiger partial charge is 0.493 e. The molecule has 2 aromatic rings. The first-order valence-electron chi connectivity index (χ1n) is 8.47. The smallest absolute Gasteiger partial charge is 0.337 e. The number of anilines is 1. The van der Waals surface area contributed by atoms with E-state index < -0.39 is 5.97 Å². The molecule has 0 aromatic heterocycles. The lowest BCUT2D eigenvalue weighted by Gasteiger charge is -2.10. The average molecular weight is 372 g/mol. The van der Waals surface area contributed by atoms with Gasteiger partial charge in [0.05, 0.1) is 26.9 Å². The van der Waals surface area contributed by atoms with Crippen LogP contribution in [-0.2, 0) is 16.1 Å². The van der Waals surface area contributed by atoms with Gasteiger partial charge in [0.25, 0.3) is 0 Å². The maximum Gasteiger partial charge on any atom is 0.337 e. The van der Waals surface area contributed by atoms with Gasteiger partial charge >= 0.3 is 5.97 Å². The third kappa shape index (κ3) is 6.00. The summed E-state index contributed by atoms with van der Waals surface area (Å²) in [6.07, 6.45) is 0.301. The van der Waals surface area contributed by atoms with E-state index in [1.165, 1.54) is 7.11 Å². The number of methoxy groups -OCH3 is 3. The zero-order valence-electron chi connectivity index (χ0n) is 15.7. The van der Waals surface area contributed by atoms with Crippen LogP contribution in [-0.4, -0.2) is 39.8 Å². The Hall–Kier alpha value is -3.06. The predicted octanol–water partition coefficient (Wildman–Crippen LogP) is 2.61. The minimum atomic E-state index is -0.442. The first-order valence-corrected chi connectivity index (χ1v) is 8.47. The minimum Gasteiger partial charge on any atom is -0.493 e. The molecule has 0 atom stereocenters. The fraction of sp³-hybridized carbons (Fsp3) is 0.300. The number of nitrogens with one attached hydrogen (secondary N) is 2. The molecule has 0 spiro atoms. The Balaban J connectivity index is 1.79. The summed E-state index contributed by atoms with van der Waals surface area (Å²) in [7, 11) is 4.50. The summed E-state index contributed by atoms with van der Waals surface area (Å²) in [6, 6.07) is 12.3. The maximum atomic E-state index is 12.1. The van der Waals surface area contributed by atoms with Gasteiger partial charge in [0.2, 0.25) is 5.91 Å². The lowest BCUT2D eigenvalue weighted by atomic mass is 10.2. The topological polar surface area (TPSA) is 85.9 Å². The molecule has 0 aliphatic rings. The van der Waals surface area contributed by atoms with Crippen molar-refractivity contribution in [3.63, 3.8) is 0 Å².